The second-order valence-corrected chi connectivity index (χ2v) is 9.05. The fourth-order valence-electron chi connectivity index (χ4n) is 6.86. The molecule has 3 heteroatoms. The van der Waals surface area contributed by atoms with Crippen LogP contribution >= 0.6 is 0 Å². The third-order valence-electron chi connectivity index (χ3n) is 8.12. The van der Waals surface area contributed by atoms with Crippen molar-refractivity contribution in [2.45, 2.75) is 76.9 Å². The van der Waals surface area contributed by atoms with Gasteiger partial charge < -0.3 is 9.84 Å². The number of ether oxygens (including phenoxy) is 1. The van der Waals surface area contributed by atoms with Crippen LogP contribution in [0.15, 0.2) is 11.6 Å². The molecule has 136 valence electrons. The first kappa shape index (κ1) is 17.2. The van der Waals surface area contributed by atoms with E-state index in [1.54, 1.807) is 0 Å². The SMILES string of the molecule is C#C[C@]1(O)CC[C@H]2[C@@H]3CCC4=C[C@@H](OC(C)=O)CC[C@@H]4[C@H]3CC[C@@]21C. The second-order valence-electron chi connectivity index (χ2n) is 9.05. The highest BCUT2D eigenvalue weighted by molar-refractivity contribution is 5.66. The maximum atomic E-state index is 11.3. The molecule has 0 aromatic carbocycles. The summed E-state index contributed by atoms with van der Waals surface area (Å²) in [6, 6.07) is 0. The van der Waals surface area contributed by atoms with Crippen LogP contribution in [-0.4, -0.2) is 22.8 Å². The molecule has 4 aliphatic rings. The van der Waals surface area contributed by atoms with Gasteiger partial charge in [0.1, 0.15) is 11.7 Å². The minimum atomic E-state index is -0.911. The minimum absolute atomic E-state index is 0.0211. The van der Waals surface area contributed by atoms with Crippen molar-refractivity contribution in [3.8, 4) is 12.3 Å². The van der Waals surface area contributed by atoms with E-state index in [-0.39, 0.29) is 17.5 Å². The third kappa shape index (κ3) is 2.48. The van der Waals surface area contributed by atoms with Crippen molar-refractivity contribution in [1.82, 2.24) is 0 Å². The van der Waals surface area contributed by atoms with Gasteiger partial charge in [0.2, 0.25) is 0 Å². The molecular weight excluding hydrogens is 312 g/mol. The number of terminal acetylenes is 1. The van der Waals surface area contributed by atoms with Crippen molar-refractivity contribution in [2.75, 3.05) is 0 Å². The number of rotatable bonds is 1. The maximum Gasteiger partial charge on any atom is 0.303 e. The standard InChI is InChI=1S/C22H30O3/c1-4-22(24)12-10-20-19-7-5-15-13-16(25-14(2)23)6-8-17(15)18(19)9-11-21(20,22)3/h1,13,16-20,24H,5-12H2,2-3H3/t16-,17-,18+,19+,20-,21-,22-/m0/s1. The van der Waals surface area contributed by atoms with E-state index in [0.29, 0.717) is 17.8 Å². The minimum Gasteiger partial charge on any atom is -0.458 e. The van der Waals surface area contributed by atoms with E-state index in [4.69, 9.17) is 11.2 Å². The van der Waals surface area contributed by atoms with E-state index in [9.17, 15) is 9.90 Å². The second kappa shape index (κ2) is 5.88. The highest BCUT2D eigenvalue weighted by atomic mass is 16.5. The van der Waals surface area contributed by atoms with E-state index in [1.165, 1.54) is 25.3 Å². The molecule has 3 saturated carbocycles. The van der Waals surface area contributed by atoms with Crippen molar-refractivity contribution in [1.29, 1.82) is 0 Å². The molecule has 0 aromatic heterocycles. The molecule has 0 spiro atoms. The van der Waals surface area contributed by atoms with Crippen LogP contribution in [-0.2, 0) is 9.53 Å². The molecule has 0 radical (unpaired) electrons. The van der Waals surface area contributed by atoms with Crippen LogP contribution in [0.5, 0.6) is 0 Å². The van der Waals surface area contributed by atoms with Gasteiger partial charge in [-0.2, -0.15) is 0 Å². The maximum absolute atomic E-state index is 11.3. The summed E-state index contributed by atoms with van der Waals surface area (Å²) in [5.74, 6) is 5.18. The molecule has 0 saturated heterocycles. The fourth-order valence-corrected chi connectivity index (χ4v) is 6.86. The normalized spacial score (nSPS) is 48.4. The van der Waals surface area contributed by atoms with E-state index in [2.05, 4.69) is 18.9 Å². The number of aliphatic hydroxyl groups is 1. The molecule has 0 aliphatic heterocycles. The average Bonchev–Trinajstić information content (AvgIpc) is 2.86. The summed E-state index contributed by atoms with van der Waals surface area (Å²) in [5.41, 5.74) is 0.498. The van der Waals surface area contributed by atoms with Crippen LogP contribution in [0.2, 0.25) is 0 Å². The molecule has 3 nitrogen and oxygen atoms in total. The molecule has 4 rings (SSSR count). The third-order valence-corrected chi connectivity index (χ3v) is 8.12. The van der Waals surface area contributed by atoms with E-state index in [1.807, 2.05) is 0 Å². The van der Waals surface area contributed by atoms with Gasteiger partial charge in [-0.15, -0.1) is 6.42 Å². The average molecular weight is 342 g/mol. The molecule has 0 aromatic rings. The molecular formula is C22H30O3. The Kier molecular flexibility index (Phi) is 4.03. The first-order chi connectivity index (χ1) is 11.9. The summed E-state index contributed by atoms with van der Waals surface area (Å²) in [5, 5.41) is 11.0. The van der Waals surface area contributed by atoms with Crippen LogP contribution in [0, 0.1) is 41.4 Å². The summed E-state index contributed by atoms with van der Waals surface area (Å²) in [4.78, 5) is 11.3. The number of carbonyl (C=O) groups excluding carboxylic acids is 1. The lowest BCUT2D eigenvalue weighted by atomic mass is 9.50. The largest absolute Gasteiger partial charge is 0.458 e. The van der Waals surface area contributed by atoms with Crippen LogP contribution in [0.25, 0.3) is 0 Å². The Morgan fingerprint density at radius 1 is 1.24 bits per heavy atom. The van der Waals surface area contributed by atoms with Crippen LogP contribution < -0.4 is 0 Å². The summed E-state index contributed by atoms with van der Waals surface area (Å²) in [6.07, 6.45) is 16.4. The van der Waals surface area contributed by atoms with Gasteiger partial charge in [0, 0.05) is 12.3 Å². The van der Waals surface area contributed by atoms with E-state index in [0.717, 1.165) is 44.4 Å². The zero-order valence-corrected chi connectivity index (χ0v) is 15.5. The highest BCUT2D eigenvalue weighted by Crippen LogP contribution is 2.64. The van der Waals surface area contributed by atoms with Crippen LogP contribution in [0.4, 0.5) is 0 Å². The van der Waals surface area contributed by atoms with Gasteiger partial charge in [0.05, 0.1) is 0 Å². The summed E-state index contributed by atoms with van der Waals surface area (Å²) in [7, 11) is 0. The molecule has 7 atom stereocenters. The topological polar surface area (TPSA) is 46.5 Å². The van der Waals surface area contributed by atoms with Gasteiger partial charge in [-0.1, -0.05) is 18.4 Å². The first-order valence-corrected chi connectivity index (χ1v) is 9.96. The lowest BCUT2D eigenvalue weighted by Gasteiger charge is -2.55. The van der Waals surface area contributed by atoms with Crippen LogP contribution in [0.1, 0.15) is 65.2 Å². The van der Waals surface area contributed by atoms with Crippen molar-refractivity contribution < 1.29 is 14.6 Å². The van der Waals surface area contributed by atoms with Gasteiger partial charge in [-0.05, 0) is 81.1 Å². The first-order valence-electron chi connectivity index (χ1n) is 9.96. The summed E-state index contributed by atoms with van der Waals surface area (Å²) < 4.78 is 5.43. The van der Waals surface area contributed by atoms with Crippen molar-refractivity contribution >= 4 is 5.97 Å². The van der Waals surface area contributed by atoms with Crippen LogP contribution in [0.3, 0.4) is 0 Å². The molecule has 25 heavy (non-hydrogen) atoms. The molecule has 0 heterocycles. The van der Waals surface area contributed by atoms with Gasteiger partial charge in [0.15, 0.2) is 0 Å². The summed E-state index contributed by atoms with van der Waals surface area (Å²) in [6.45, 7) is 3.74. The van der Waals surface area contributed by atoms with Crippen molar-refractivity contribution in [3.63, 3.8) is 0 Å². The Morgan fingerprint density at radius 3 is 2.76 bits per heavy atom. The molecule has 0 bridgehead atoms. The molecule has 1 N–H and O–H groups in total. The lowest BCUT2D eigenvalue weighted by molar-refractivity contribution is -0.145. The number of esters is 1. The number of fused-ring (bicyclic) bond motifs is 5. The number of hydrogen-bond acceptors (Lipinski definition) is 3. The smallest absolute Gasteiger partial charge is 0.303 e. The van der Waals surface area contributed by atoms with Crippen molar-refractivity contribution in [3.05, 3.63) is 11.6 Å². The zero-order chi connectivity index (χ0) is 17.8. The Hall–Kier alpha value is -1.27. The fraction of sp³-hybridized carbons (Fsp3) is 0.773. The Balaban J connectivity index is 1.56. The predicted molar refractivity (Wildman–Crippen MR) is 96.4 cm³/mol. The van der Waals surface area contributed by atoms with Crippen molar-refractivity contribution in [2.24, 2.45) is 29.1 Å². The lowest BCUT2D eigenvalue weighted by Crippen LogP contribution is -2.52. The quantitative estimate of drug-likeness (QED) is 0.447. The zero-order valence-electron chi connectivity index (χ0n) is 15.5. The molecule has 4 aliphatic carbocycles. The predicted octanol–water partition coefficient (Wildman–Crippen LogP) is 3.86. The Labute approximate surface area is 151 Å². The molecule has 3 fully saturated rings. The Morgan fingerprint density at radius 2 is 2.04 bits per heavy atom. The highest BCUT2D eigenvalue weighted by Gasteiger charge is 2.61. The monoisotopic (exact) mass is 342 g/mol. The van der Waals surface area contributed by atoms with E-state index < -0.39 is 5.60 Å². The summed E-state index contributed by atoms with van der Waals surface area (Å²) >= 11 is 0. The van der Waals surface area contributed by atoms with Gasteiger partial charge in [0.25, 0.3) is 0 Å². The van der Waals surface area contributed by atoms with Gasteiger partial charge >= 0.3 is 5.97 Å². The molecule has 0 unspecified atom stereocenters. The molecule has 0 amide bonds. The number of hydrogen-bond donors (Lipinski definition) is 1. The Bertz CT molecular complexity index is 644. The van der Waals surface area contributed by atoms with E-state index >= 15 is 0 Å². The van der Waals surface area contributed by atoms with Gasteiger partial charge in [-0.25, -0.2) is 0 Å². The number of carbonyl (C=O) groups is 1. The number of allylic oxidation sites excluding steroid dienone is 1. The van der Waals surface area contributed by atoms with Gasteiger partial charge in [-0.3, -0.25) is 4.79 Å².